The number of carbonyl (C=O) groups excluding carboxylic acids is 2. The molecule has 5 rings (SSSR count). The smallest absolute Gasteiger partial charge is 0.323 e. The number of aryl methyl sites for hydroxylation is 1. The van der Waals surface area contributed by atoms with Gasteiger partial charge in [0.25, 0.3) is 11.5 Å². The molecule has 8 nitrogen and oxygen atoms in total. The average molecular weight is 542 g/mol. The topological polar surface area (TPSA) is 95.5 Å². The number of pyridine rings is 1. The lowest BCUT2D eigenvalue weighted by atomic mass is 9.83. The van der Waals surface area contributed by atoms with E-state index in [9.17, 15) is 14.4 Å². The first-order chi connectivity index (χ1) is 19.3. The maximum Gasteiger partial charge on any atom is 0.323 e. The normalized spacial score (nSPS) is 17.8. The lowest BCUT2D eigenvalue weighted by molar-refractivity contribution is 0.0952. The molecule has 2 aromatic carbocycles. The maximum atomic E-state index is 13.1. The van der Waals surface area contributed by atoms with E-state index in [1.54, 1.807) is 12.1 Å². The number of rotatable bonds is 8. The number of piperidine rings is 1. The fraction of sp³-hybridized carbons (Fsp3) is 0.406. The van der Waals surface area contributed by atoms with Gasteiger partial charge in [0, 0.05) is 55.1 Å². The number of nitrogens with zero attached hydrogens (tertiary/aromatic N) is 2. The zero-order chi connectivity index (χ0) is 28.2. The fourth-order valence-corrected chi connectivity index (χ4v) is 5.83. The number of urea groups is 1. The van der Waals surface area contributed by atoms with Crippen LogP contribution >= 0.6 is 0 Å². The van der Waals surface area contributed by atoms with Gasteiger partial charge in [-0.05, 0) is 73.1 Å². The molecule has 2 atom stereocenters. The number of benzene rings is 2. The predicted octanol–water partition coefficient (Wildman–Crippen LogP) is 5.45. The highest BCUT2D eigenvalue weighted by molar-refractivity contribution is 6.04. The van der Waals surface area contributed by atoms with E-state index >= 15 is 0 Å². The summed E-state index contributed by atoms with van der Waals surface area (Å²) < 4.78 is 1.91. The summed E-state index contributed by atoms with van der Waals surface area (Å²) in [5, 5.41) is 8.94. The molecule has 1 aromatic heterocycles. The van der Waals surface area contributed by atoms with E-state index < -0.39 is 0 Å². The number of fused-ring (bicyclic) bond motifs is 4. The Balaban J connectivity index is 1.40. The van der Waals surface area contributed by atoms with Gasteiger partial charge in [-0.2, -0.15) is 0 Å². The van der Waals surface area contributed by atoms with Gasteiger partial charge in [-0.1, -0.05) is 39.0 Å². The lowest BCUT2D eigenvalue weighted by Crippen LogP contribution is -2.47. The molecule has 2 unspecified atom stereocenters. The van der Waals surface area contributed by atoms with Crippen molar-refractivity contribution in [3.8, 4) is 0 Å². The van der Waals surface area contributed by atoms with Crippen LogP contribution in [0.5, 0.6) is 0 Å². The van der Waals surface area contributed by atoms with Crippen LogP contribution < -0.4 is 26.4 Å². The molecular weight excluding hydrogens is 502 g/mol. The summed E-state index contributed by atoms with van der Waals surface area (Å²) in [5.74, 6) is 0.882. The Morgan fingerprint density at radius 1 is 0.975 bits per heavy atom. The van der Waals surface area contributed by atoms with Crippen LogP contribution in [-0.4, -0.2) is 36.1 Å². The number of amides is 3. The molecule has 0 spiro atoms. The van der Waals surface area contributed by atoms with Crippen LogP contribution in [0.3, 0.4) is 0 Å². The molecule has 2 bridgehead atoms. The van der Waals surface area contributed by atoms with Crippen molar-refractivity contribution < 1.29 is 9.59 Å². The van der Waals surface area contributed by atoms with Crippen molar-refractivity contribution in [3.63, 3.8) is 0 Å². The van der Waals surface area contributed by atoms with Crippen LogP contribution in [0.1, 0.15) is 61.1 Å². The van der Waals surface area contributed by atoms with E-state index in [1.165, 1.54) is 5.56 Å². The molecule has 3 N–H and O–H groups in total. The lowest BCUT2D eigenvalue weighted by Gasteiger charge is -2.44. The molecule has 3 heterocycles. The summed E-state index contributed by atoms with van der Waals surface area (Å²) in [5.41, 5.74) is 4.99. The maximum absolute atomic E-state index is 13.1. The zero-order valence-corrected chi connectivity index (χ0v) is 23.6. The minimum absolute atomic E-state index is 0.0551. The van der Waals surface area contributed by atoms with Crippen LogP contribution in [-0.2, 0) is 13.0 Å². The summed E-state index contributed by atoms with van der Waals surface area (Å²) in [4.78, 5) is 40.8. The second kappa shape index (κ2) is 12.0. The number of nitrogens with one attached hydrogen (secondary N) is 3. The van der Waals surface area contributed by atoms with Gasteiger partial charge in [-0.3, -0.25) is 9.59 Å². The third kappa shape index (κ3) is 6.22. The summed E-state index contributed by atoms with van der Waals surface area (Å²) in [7, 11) is 0. The molecule has 0 aliphatic carbocycles. The Kier molecular flexibility index (Phi) is 8.24. The molecule has 1 saturated heterocycles. The number of hydrogen-bond acceptors (Lipinski definition) is 4. The van der Waals surface area contributed by atoms with E-state index in [2.05, 4.69) is 41.6 Å². The predicted molar refractivity (Wildman–Crippen MR) is 160 cm³/mol. The molecular formula is C32H39N5O3. The highest BCUT2D eigenvalue weighted by Gasteiger charge is 2.35. The van der Waals surface area contributed by atoms with Gasteiger partial charge in [0.1, 0.15) is 0 Å². The third-order valence-corrected chi connectivity index (χ3v) is 7.95. The first-order valence-corrected chi connectivity index (χ1v) is 14.3. The Hall–Kier alpha value is -4.07. The van der Waals surface area contributed by atoms with Crippen LogP contribution in [0, 0.1) is 11.8 Å². The Morgan fingerprint density at radius 3 is 2.52 bits per heavy atom. The van der Waals surface area contributed by atoms with Crippen LogP contribution in [0.25, 0.3) is 0 Å². The number of carbonyl (C=O) groups is 2. The second-order valence-electron chi connectivity index (χ2n) is 11.4. The molecule has 2 aliphatic heterocycles. The van der Waals surface area contributed by atoms with Crippen LogP contribution in [0.2, 0.25) is 0 Å². The fourth-order valence-electron chi connectivity index (χ4n) is 5.83. The molecule has 40 heavy (non-hydrogen) atoms. The number of aromatic nitrogens is 1. The molecule has 0 radical (unpaired) electrons. The summed E-state index contributed by atoms with van der Waals surface area (Å²) in [6, 6.07) is 18.5. The molecule has 3 amide bonds. The van der Waals surface area contributed by atoms with Crippen molar-refractivity contribution in [1.29, 1.82) is 0 Å². The van der Waals surface area contributed by atoms with Gasteiger partial charge >= 0.3 is 6.03 Å². The molecule has 2 aliphatic rings. The highest BCUT2D eigenvalue weighted by atomic mass is 16.2. The first-order valence-electron chi connectivity index (χ1n) is 14.3. The van der Waals surface area contributed by atoms with E-state index in [0.29, 0.717) is 41.9 Å². The summed E-state index contributed by atoms with van der Waals surface area (Å²) in [6.07, 6.45) is 2.86. The Morgan fingerprint density at radius 2 is 1.77 bits per heavy atom. The van der Waals surface area contributed by atoms with Gasteiger partial charge in [-0.15, -0.1) is 0 Å². The number of anilines is 3. The quantitative estimate of drug-likeness (QED) is 0.353. The van der Waals surface area contributed by atoms with E-state index in [1.807, 2.05) is 53.1 Å². The first kappa shape index (κ1) is 27.5. The largest absolute Gasteiger partial charge is 0.369 e. The van der Waals surface area contributed by atoms with Crippen molar-refractivity contribution in [2.75, 3.05) is 35.2 Å². The minimum Gasteiger partial charge on any atom is -0.369 e. The third-order valence-electron chi connectivity index (χ3n) is 7.95. The van der Waals surface area contributed by atoms with Gasteiger partial charge in [-0.25, -0.2) is 4.79 Å². The van der Waals surface area contributed by atoms with Crippen LogP contribution in [0.4, 0.5) is 21.9 Å². The summed E-state index contributed by atoms with van der Waals surface area (Å²) in [6.45, 7) is 9.13. The Labute approximate surface area is 235 Å². The molecule has 1 fully saturated rings. The van der Waals surface area contributed by atoms with Gasteiger partial charge in [0.15, 0.2) is 0 Å². The van der Waals surface area contributed by atoms with Crippen molar-refractivity contribution in [1.82, 2.24) is 9.88 Å². The Bertz CT molecular complexity index is 1430. The van der Waals surface area contributed by atoms with Gasteiger partial charge in [0.2, 0.25) is 0 Å². The van der Waals surface area contributed by atoms with Crippen LogP contribution in [0.15, 0.2) is 65.5 Å². The molecule has 210 valence electrons. The number of hydrogen-bond donors (Lipinski definition) is 3. The highest BCUT2D eigenvalue weighted by Crippen LogP contribution is 2.39. The van der Waals surface area contributed by atoms with Crippen molar-refractivity contribution >= 4 is 29.0 Å². The van der Waals surface area contributed by atoms with E-state index in [-0.39, 0.29) is 23.4 Å². The van der Waals surface area contributed by atoms with Crippen molar-refractivity contribution in [2.45, 2.75) is 52.5 Å². The summed E-state index contributed by atoms with van der Waals surface area (Å²) >= 11 is 0. The monoisotopic (exact) mass is 541 g/mol. The standard InChI is InChI=1S/C32H39N5O3/c1-4-22-8-11-26(12-9-22)34-32(40)35-27-17-24(31(39)33-15-14-21(2)3)10-13-29(27)36-18-23-16-25(20-36)28-6-5-7-30(38)37(28)19-23/h5-13,17,21,23,25H,4,14-16,18-20H2,1-3H3,(H,33,39)(H2,34,35,40). The molecule has 8 heteroatoms. The average Bonchev–Trinajstić information content (AvgIpc) is 2.93. The molecule has 3 aromatic rings. The minimum atomic E-state index is -0.364. The van der Waals surface area contributed by atoms with Crippen molar-refractivity contribution in [3.05, 3.63) is 87.8 Å². The van der Waals surface area contributed by atoms with Gasteiger partial charge < -0.3 is 25.4 Å². The van der Waals surface area contributed by atoms with Gasteiger partial charge in [0.05, 0.1) is 11.4 Å². The zero-order valence-electron chi connectivity index (χ0n) is 23.6. The van der Waals surface area contributed by atoms with Crippen molar-refractivity contribution in [2.24, 2.45) is 11.8 Å². The SMILES string of the molecule is CCc1ccc(NC(=O)Nc2cc(C(=O)NCCC(C)C)ccc2N2CC3CC(C2)c2cccc(=O)n2C3)cc1. The second-order valence-corrected chi connectivity index (χ2v) is 11.4. The molecule has 0 saturated carbocycles. The van der Waals surface area contributed by atoms with E-state index in [4.69, 9.17) is 0 Å². The van der Waals surface area contributed by atoms with E-state index in [0.717, 1.165) is 43.7 Å².